The highest BCUT2D eigenvalue weighted by Crippen LogP contribution is 2.31. The molecule has 1 aliphatic heterocycles. The maximum atomic E-state index is 12.5. The molecule has 39 heavy (non-hydrogen) atoms. The van der Waals surface area contributed by atoms with E-state index in [2.05, 4.69) is 4.98 Å². The summed E-state index contributed by atoms with van der Waals surface area (Å²) in [6.45, 7) is 3.86. The van der Waals surface area contributed by atoms with Gasteiger partial charge in [-0.2, -0.15) is 0 Å². The summed E-state index contributed by atoms with van der Waals surface area (Å²) in [7, 11) is 0. The van der Waals surface area contributed by atoms with Gasteiger partial charge in [0.1, 0.15) is 42.6 Å². The SMILES string of the molecule is CC(=O)OCC1OC(COc2ccc(C(=O)c3cscn3)c(O)c2)C(OC(C)=O)C(OC(C)=O)C1OC(C)=O. The van der Waals surface area contributed by atoms with E-state index in [0.29, 0.717) is 0 Å². The third kappa shape index (κ3) is 7.97. The second-order valence-corrected chi connectivity index (χ2v) is 9.15. The van der Waals surface area contributed by atoms with E-state index in [1.807, 2.05) is 0 Å². The van der Waals surface area contributed by atoms with Gasteiger partial charge < -0.3 is 33.5 Å². The Morgan fingerprint density at radius 1 is 0.872 bits per heavy atom. The number of carbonyl (C=O) groups excluding carboxylic acids is 5. The Morgan fingerprint density at radius 3 is 1.97 bits per heavy atom. The van der Waals surface area contributed by atoms with Crippen LogP contribution in [0.1, 0.15) is 43.7 Å². The number of esters is 4. The molecule has 1 aromatic heterocycles. The maximum absolute atomic E-state index is 12.5. The zero-order chi connectivity index (χ0) is 28.7. The molecule has 13 nitrogen and oxygen atoms in total. The third-order valence-corrected chi connectivity index (χ3v) is 5.97. The summed E-state index contributed by atoms with van der Waals surface area (Å²) in [4.78, 5) is 63.6. The quantitative estimate of drug-likeness (QED) is 0.250. The largest absolute Gasteiger partial charge is 0.507 e. The normalized spacial score (nSPS) is 22.3. The number of hydrogen-bond donors (Lipinski definition) is 1. The van der Waals surface area contributed by atoms with Gasteiger partial charge in [0.2, 0.25) is 5.78 Å². The van der Waals surface area contributed by atoms with Crippen LogP contribution in [0, 0.1) is 0 Å². The first-order valence-electron chi connectivity index (χ1n) is 11.7. The van der Waals surface area contributed by atoms with Crippen LogP contribution in [0.15, 0.2) is 29.1 Å². The molecule has 0 spiro atoms. The van der Waals surface area contributed by atoms with Gasteiger partial charge in [0.25, 0.3) is 0 Å². The summed E-state index contributed by atoms with van der Waals surface area (Å²) in [6.07, 6.45) is -6.13. The molecule has 3 rings (SSSR count). The van der Waals surface area contributed by atoms with Gasteiger partial charge in [-0.15, -0.1) is 11.3 Å². The minimum absolute atomic E-state index is 0.0144. The molecule has 0 amide bonds. The van der Waals surface area contributed by atoms with Crippen LogP contribution in [0.2, 0.25) is 0 Å². The Hall–Kier alpha value is -4.04. The van der Waals surface area contributed by atoms with Crippen molar-refractivity contribution in [3.05, 3.63) is 40.3 Å². The Labute approximate surface area is 226 Å². The van der Waals surface area contributed by atoms with Crippen LogP contribution in [0.25, 0.3) is 0 Å². The van der Waals surface area contributed by atoms with Crippen molar-refractivity contribution >= 4 is 41.0 Å². The van der Waals surface area contributed by atoms with Gasteiger partial charge in [-0.05, 0) is 12.1 Å². The zero-order valence-electron chi connectivity index (χ0n) is 21.5. The minimum atomic E-state index is -1.33. The van der Waals surface area contributed by atoms with Gasteiger partial charge in [-0.25, -0.2) is 4.98 Å². The molecular formula is C25H27NO12S. The van der Waals surface area contributed by atoms with Gasteiger partial charge >= 0.3 is 23.9 Å². The highest BCUT2D eigenvalue weighted by molar-refractivity contribution is 7.07. The third-order valence-electron chi connectivity index (χ3n) is 5.38. The van der Waals surface area contributed by atoms with Crippen molar-refractivity contribution in [2.24, 2.45) is 0 Å². The highest BCUT2D eigenvalue weighted by Gasteiger charge is 2.52. The van der Waals surface area contributed by atoms with Gasteiger partial charge in [0, 0.05) is 39.1 Å². The van der Waals surface area contributed by atoms with Crippen LogP contribution in [0.5, 0.6) is 11.5 Å². The number of phenolic OH excluding ortho intramolecular Hbond substituents is 1. The molecule has 0 saturated carbocycles. The van der Waals surface area contributed by atoms with Crippen LogP contribution in [0.3, 0.4) is 0 Å². The van der Waals surface area contributed by atoms with Crippen molar-refractivity contribution in [1.29, 1.82) is 0 Å². The molecule has 0 radical (unpaired) electrons. The topological polar surface area (TPSA) is 174 Å². The molecule has 1 saturated heterocycles. The summed E-state index contributed by atoms with van der Waals surface area (Å²) in [5, 5.41) is 12.0. The second-order valence-electron chi connectivity index (χ2n) is 8.43. The van der Waals surface area contributed by atoms with Gasteiger partial charge in [-0.1, -0.05) is 0 Å². The van der Waals surface area contributed by atoms with Gasteiger partial charge in [0.05, 0.1) is 11.1 Å². The van der Waals surface area contributed by atoms with Crippen LogP contribution in [-0.4, -0.2) is 83.5 Å². The Morgan fingerprint density at radius 2 is 1.46 bits per heavy atom. The van der Waals surface area contributed by atoms with Crippen molar-refractivity contribution in [3.8, 4) is 11.5 Å². The fourth-order valence-corrected chi connectivity index (χ4v) is 4.42. The lowest BCUT2D eigenvalue weighted by Crippen LogP contribution is -2.63. The number of aromatic hydroxyl groups is 1. The highest BCUT2D eigenvalue weighted by atomic mass is 32.1. The Balaban J connectivity index is 1.86. The van der Waals surface area contributed by atoms with E-state index in [1.165, 1.54) is 42.0 Å². The molecule has 1 fully saturated rings. The summed E-state index contributed by atoms with van der Waals surface area (Å²) >= 11 is 1.24. The summed E-state index contributed by atoms with van der Waals surface area (Å²) in [5.41, 5.74) is 1.69. The second kappa shape index (κ2) is 13.2. The molecule has 5 unspecified atom stereocenters. The first-order valence-corrected chi connectivity index (χ1v) is 12.6. The molecule has 2 aromatic rings. The van der Waals surface area contributed by atoms with Crippen molar-refractivity contribution in [3.63, 3.8) is 0 Å². The van der Waals surface area contributed by atoms with Crippen molar-refractivity contribution < 1.29 is 57.5 Å². The first-order chi connectivity index (χ1) is 18.5. The lowest BCUT2D eigenvalue weighted by Gasteiger charge is -2.44. The first kappa shape index (κ1) is 29.5. The minimum Gasteiger partial charge on any atom is -0.507 e. The number of phenols is 1. The number of hydrogen-bond acceptors (Lipinski definition) is 14. The Bertz CT molecular complexity index is 1210. The molecule has 210 valence electrons. The summed E-state index contributed by atoms with van der Waals surface area (Å²) in [5.74, 6) is -3.57. The number of ketones is 1. The predicted octanol–water partition coefficient (Wildman–Crippen LogP) is 1.58. The monoisotopic (exact) mass is 565 g/mol. The molecule has 1 N–H and O–H groups in total. The fraction of sp³-hybridized carbons (Fsp3) is 0.440. The number of carbonyl (C=O) groups is 5. The van der Waals surface area contributed by atoms with Crippen LogP contribution >= 0.6 is 11.3 Å². The van der Waals surface area contributed by atoms with Gasteiger partial charge in [0.15, 0.2) is 18.3 Å². The molecule has 2 heterocycles. The average Bonchev–Trinajstić information content (AvgIpc) is 3.38. The summed E-state index contributed by atoms with van der Waals surface area (Å²) in [6, 6.07) is 4.01. The van der Waals surface area contributed by atoms with Crippen molar-refractivity contribution in [2.45, 2.75) is 58.2 Å². The van der Waals surface area contributed by atoms with Crippen molar-refractivity contribution in [1.82, 2.24) is 4.98 Å². The molecule has 5 atom stereocenters. The van der Waals surface area contributed by atoms with Crippen molar-refractivity contribution in [2.75, 3.05) is 13.2 Å². The van der Waals surface area contributed by atoms with E-state index in [0.717, 1.165) is 20.8 Å². The van der Waals surface area contributed by atoms with Gasteiger partial charge in [-0.3, -0.25) is 24.0 Å². The smallest absolute Gasteiger partial charge is 0.303 e. The number of benzene rings is 1. The number of ether oxygens (including phenoxy) is 6. The maximum Gasteiger partial charge on any atom is 0.303 e. The standard InChI is InChI=1S/C25H27NO12S/c1-12(27)33-8-20-23(35-13(2)28)25(37-15(4)30)24(36-14(3)29)21(38-20)9-34-16-5-6-17(19(31)7-16)22(32)18-10-39-11-26-18/h5-7,10-11,20-21,23-25,31H,8-9H2,1-4H3. The molecule has 1 aliphatic rings. The van der Waals surface area contributed by atoms with E-state index in [9.17, 15) is 29.1 Å². The number of rotatable bonds is 10. The molecule has 0 bridgehead atoms. The number of aromatic nitrogens is 1. The van der Waals surface area contributed by atoms with E-state index in [1.54, 1.807) is 5.38 Å². The molecule has 1 aromatic carbocycles. The zero-order valence-corrected chi connectivity index (χ0v) is 22.3. The molecule has 14 heteroatoms. The van der Waals surface area contributed by atoms with Crippen LogP contribution in [0.4, 0.5) is 0 Å². The van der Waals surface area contributed by atoms with Crippen LogP contribution < -0.4 is 4.74 Å². The number of thiazole rings is 1. The van der Waals surface area contributed by atoms with E-state index in [4.69, 9.17) is 28.4 Å². The predicted molar refractivity (Wildman–Crippen MR) is 131 cm³/mol. The fourth-order valence-electron chi connectivity index (χ4n) is 3.89. The number of nitrogens with zero attached hydrogens (tertiary/aromatic N) is 1. The van der Waals surface area contributed by atoms with E-state index in [-0.39, 0.29) is 36.0 Å². The van der Waals surface area contributed by atoms with E-state index < -0.39 is 60.2 Å². The molecule has 0 aliphatic carbocycles. The lowest BCUT2D eigenvalue weighted by molar-refractivity contribution is -0.255. The van der Waals surface area contributed by atoms with Crippen LogP contribution in [-0.2, 0) is 42.9 Å². The average molecular weight is 566 g/mol. The summed E-state index contributed by atoms with van der Waals surface area (Å²) < 4.78 is 32.8. The Kier molecular flexibility index (Phi) is 9.95. The molecular weight excluding hydrogens is 538 g/mol. The lowest BCUT2D eigenvalue weighted by atomic mass is 9.94. The van der Waals surface area contributed by atoms with E-state index >= 15 is 0 Å².